The van der Waals surface area contributed by atoms with E-state index in [0.717, 1.165) is 21.7 Å². The molecule has 0 atom stereocenters. The summed E-state index contributed by atoms with van der Waals surface area (Å²) in [5.41, 5.74) is 6.61. The zero-order valence-corrected chi connectivity index (χ0v) is 12.5. The molecule has 2 aromatic heterocycles. The highest BCUT2D eigenvalue weighted by Crippen LogP contribution is 2.33. The van der Waals surface area contributed by atoms with Crippen molar-refractivity contribution in [2.24, 2.45) is 5.73 Å². The van der Waals surface area contributed by atoms with E-state index in [-0.39, 0.29) is 5.82 Å². The molecule has 2 heterocycles. The standard InChI is InChI=1S/C15H16FN3OS/c1-2-19-8-10(7-18-19)20-9-11-14(6-17)21-13-5-3-4-12(16)15(11)13/h3-5,7-8H,2,6,9,17H2,1H3. The highest BCUT2D eigenvalue weighted by molar-refractivity contribution is 7.19. The molecule has 0 spiro atoms. The van der Waals surface area contributed by atoms with E-state index in [9.17, 15) is 4.39 Å². The van der Waals surface area contributed by atoms with Gasteiger partial charge in [-0.2, -0.15) is 5.10 Å². The second kappa shape index (κ2) is 5.83. The summed E-state index contributed by atoms with van der Waals surface area (Å²) in [6.07, 6.45) is 3.49. The van der Waals surface area contributed by atoms with E-state index >= 15 is 0 Å². The van der Waals surface area contributed by atoms with E-state index in [0.29, 0.717) is 24.3 Å². The van der Waals surface area contributed by atoms with Gasteiger partial charge in [-0.3, -0.25) is 4.68 Å². The zero-order valence-electron chi connectivity index (χ0n) is 11.7. The number of halogens is 1. The Morgan fingerprint density at radius 2 is 2.29 bits per heavy atom. The monoisotopic (exact) mass is 305 g/mol. The SMILES string of the molecule is CCn1cc(OCc2c(CN)sc3cccc(F)c23)cn1. The van der Waals surface area contributed by atoms with Crippen molar-refractivity contribution in [3.8, 4) is 5.75 Å². The quantitative estimate of drug-likeness (QED) is 0.787. The number of ether oxygens (including phenoxy) is 1. The van der Waals surface area contributed by atoms with Gasteiger partial charge < -0.3 is 10.5 Å². The van der Waals surface area contributed by atoms with Crippen LogP contribution in [-0.4, -0.2) is 9.78 Å². The molecule has 0 bridgehead atoms. The Morgan fingerprint density at radius 1 is 1.43 bits per heavy atom. The lowest BCUT2D eigenvalue weighted by Gasteiger charge is -2.05. The van der Waals surface area contributed by atoms with Crippen molar-refractivity contribution in [1.82, 2.24) is 9.78 Å². The van der Waals surface area contributed by atoms with Crippen molar-refractivity contribution in [3.63, 3.8) is 0 Å². The van der Waals surface area contributed by atoms with Crippen molar-refractivity contribution in [3.05, 3.63) is 46.9 Å². The third kappa shape index (κ3) is 2.64. The predicted octanol–water partition coefficient (Wildman–Crippen LogP) is 3.29. The Morgan fingerprint density at radius 3 is 3.00 bits per heavy atom. The molecule has 0 radical (unpaired) electrons. The van der Waals surface area contributed by atoms with Crippen LogP contribution < -0.4 is 10.5 Å². The first-order chi connectivity index (χ1) is 10.2. The maximum Gasteiger partial charge on any atom is 0.157 e. The van der Waals surface area contributed by atoms with Crippen LogP contribution in [0.15, 0.2) is 30.6 Å². The molecule has 3 aromatic rings. The molecular weight excluding hydrogens is 289 g/mol. The van der Waals surface area contributed by atoms with E-state index < -0.39 is 0 Å². The fourth-order valence-corrected chi connectivity index (χ4v) is 3.38. The average Bonchev–Trinajstić information content (AvgIpc) is 3.09. The fraction of sp³-hybridized carbons (Fsp3) is 0.267. The number of hydrogen-bond donors (Lipinski definition) is 1. The Labute approximate surface area is 125 Å². The molecule has 0 aliphatic rings. The maximum atomic E-state index is 14.1. The number of nitrogens with two attached hydrogens (primary N) is 1. The average molecular weight is 305 g/mol. The Bertz CT molecular complexity index is 765. The number of aromatic nitrogens is 2. The number of hydrogen-bond acceptors (Lipinski definition) is 4. The molecule has 1 aromatic carbocycles. The number of aryl methyl sites for hydroxylation is 1. The van der Waals surface area contributed by atoms with Gasteiger partial charge in [-0.05, 0) is 19.1 Å². The van der Waals surface area contributed by atoms with Gasteiger partial charge >= 0.3 is 0 Å². The van der Waals surface area contributed by atoms with E-state index in [1.807, 2.05) is 19.2 Å². The number of nitrogens with zero attached hydrogens (tertiary/aromatic N) is 2. The Hall–Kier alpha value is -1.92. The molecule has 0 aliphatic carbocycles. The maximum absolute atomic E-state index is 14.1. The largest absolute Gasteiger partial charge is 0.486 e. The smallest absolute Gasteiger partial charge is 0.157 e. The minimum atomic E-state index is -0.230. The predicted molar refractivity (Wildman–Crippen MR) is 81.9 cm³/mol. The molecule has 21 heavy (non-hydrogen) atoms. The summed E-state index contributed by atoms with van der Waals surface area (Å²) in [6.45, 7) is 3.47. The number of rotatable bonds is 5. The van der Waals surface area contributed by atoms with Gasteiger partial charge in [0, 0.05) is 33.6 Å². The van der Waals surface area contributed by atoms with Crippen molar-refractivity contribution < 1.29 is 9.13 Å². The van der Waals surface area contributed by atoms with Crippen molar-refractivity contribution in [1.29, 1.82) is 0 Å². The van der Waals surface area contributed by atoms with E-state index in [1.165, 1.54) is 17.4 Å². The summed E-state index contributed by atoms with van der Waals surface area (Å²) in [4.78, 5) is 0.956. The topological polar surface area (TPSA) is 53.1 Å². The van der Waals surface area contributed by atoms with E-state index in [1.54, 1.807) is 16.9 Å². The van der Waals surface area contributed by atoms with Crippen LogP contribution >= 0.6 is 11.3 Å². The van der Waals surface area contributed by atoms with Crippen LogP contribution in [0.1, 0.15) is 17.4 Å². The van der Waals surface area contributed by atoms with Gasteiger partial charge in [-0.25, -0.2) is 4.39 Å². The van der Waals surface area contributed by atoms with Crippen LogP contribution in [0.3, 0.4) is 0 Å². The lowest BCUT2D eigenvalue weighted by molar-refractivity contribution is 0.306. The number of thiophene rings is 1. The molecule has 0 fully saturated rings. The van der Waals surface area contributed by atoms with Crippen LogP contribution in [0.2, 0.25) is 0 Å². The van der Waals surface area contributed by atoms with E-state index in [2.05, 4.69) is 5.10 Å². The summed E-state index contributed by atoms with van der Waals surface area (Å²) in [5, 5.41) is 4.77. The highest BCUT2D eigenvalue weighted by Gasteiger charge is 2.15. The van der Waals surface area contributed by atoms with Crippen LogP contribution in [0.5, 0.6) is 5.75 Å². The molecule has 110 valence electrons. The number of fused-ring (bicyclic) bond motifs is 1. The van der Waals surface area contributed by atoms with Gasteiger partial charge in [-0.15, -0.1) is 11.3 Å². The summed E-state index contributed by atoms with van der Waals surface area (Å²) >= 11 is 1.52. The molecule has 6 heteroatoms. The third-order valence-electron chi connectivity index (χ3n) is 3.35. The van der Waals surface area contributed by atoms with Crippen LogP contribution in [0, 0.1) is 5.82 Å². The highest BCUT2D eigenvalue weighted by atomic mass is 32.1. The van der Waals surface area contributed by atoms with Gasteiger partial charge in [-0.1, -0.05) is 6.07 Å². The Balaban J connectivity index is 1.92. The summed E-state index contributed by atoms with van der Waals surface area (Å²) in [6, 6.07) is 5.08. The van der Waals surface area contributed by atoms with Gasteiger partial charge in [0.1, 0.15) is 12.4 Å². The third-order valence-corrected chi connectivity index (χ3v) is 4.57. The normalized spacial score (nSPS) is 11.2. The van der Waals surface area contributed by atoms with Crippen molar-refractivity contribution in [2.75, 3.05) is 0 Å². The molecule has 0 saturated heterocycles. The molecular formula is C15H16FN3OS. The zero-order chi connectivity index (χ0) is 14.8. The Kier molecular flexibility index (Phi) is 3.90. The lowest BCUT2D eigenvalue weighted by Crippen LogP contribution is -2.02. The lowest BCUT2D eigenvalue weighted by atomic mass is 10.1. The van der Waals surface area contributed by atoms with Crippen LogP contribution in [0.25, 0.3) is 10.1 Å². The van der Waals surface area contributed by atoms with Crippen molar-refractivity contribution >= 4 is 21.4 Å². The van der Waals surface area contributed by atoms with Crippen LogP contribution in [0.4, 0.5) is 4.39 Å². The molecule has 0 aliphatic heterocycles. The van der Waals surface area contributed by atoms with Crippen LogP contribution in [-0.2, 0) is 19.7 Å². The first-order valence-electron chi connectivity index (χ1n) is 6.77. The molecule has 4 nitrogen and oxygen atoms in total. The second-order valence-electron chi connectivity index (χ2n) is 4.64. The first kappa shape index (κ1) is 14.0. The summed E-state index contributed by atoms with van der Waals surface area (Å²) < 4.78 is 22.5. The summed E-state index contributed by atoms with van der Waals surface area (Å²) in [5.74, 6) is 0.446. The number of benzene rings is 1. The minimum Gasteiger partial charge on any atom is -0.486 e. The molecule has 0 amide bonds. The summed E-state index contributed by atoms with van der Waals surface area (Å²) in [7, 11) is 0. The fourth-order valence-electron chi connectivity index (χ4n) is 2.28. The first-order valence-corrected chi connectivity index (χ1v) is 7.58. The van der Waals surface area contributed by atoms with Gasteiger partial charge in [0.15, 0.2) is 5.75 Å². The van der Waals surface area contributed by atoms with Gasteiger partial charge in [0.2, 0.25) is 0 Å². The molecule has 2 N–H and O–H groups in total. The molecule has 0 unspecified atom stereocenters. The second-order valence-corrected chi connectivity index (χ2v) is 5.78. The molecule has 0 saturated carbocycles. The van der Waals surface area contributed by atoms with Crippen molar-refractivity contribution in [2.45, 2.75) is 26.6 Å². The molecule has 3 rings (SSSR count). The van der Waals surface area contributed by atoms with E-state index in [4.69, 9.17) is 10.5 Å². The van der Waals surface area contributed by atoms with Gasteiger partial charge in [0.05, 0.1) is 12.4 Å². The van der Waals surface area contributed by atoms with Gasteiger partial charge in [0.25, 0.3) is 0 Å². The minimum absolute atomic E-state index is 0.230.